The van der Waals surface area contributed by atoms with Gasteiger partial charge in [-0.15, -0.1) is 0 Å². The van der Waals surface area contributed by atoms with Crippen molar-refractivity contribution in [1.29, 1.82) is 0 Å². The topological polar surface area (TPSA) is 12.0 Å². The Morgan fingerprint density at radius 2 is 1.81 bits per heavy atom. The van der Waals surface area contributed by atoms with Crippen molar-refractivity contribution in [3.63, 3.8) is 0 Å². The molecule has 0 radical (unpaired) electrons. The largest absolute Gasteiger partial charge is 0.375 e. The minimum Gasteiger partial charge on any atom is -0.375 e. The molecule has 21 heavy (non-hydrogen) atoms. The van der Waals surface area contributed by atoms with Gasteiger partial charge in [-0.3, -0.25) is 0 Å². The van der Waals surface area contributed by atoms with Crippen molar-refractivity contribution in [2.75, 3.05) is 5.32 Å². The average molecular weight is 304 g/mol. The molecule has 1 atom stereocenters. The van der Waals surface area contributed by atoms with Gasteiger partial charge < -0.3 is 5.32 Å². The van der Waals surface area contributed by atoms with Crippen LogP contribution in [-0.4, -0.2) is 0 Å². The van der Waals surface area contributed by atoms with E-state index in [2.05, 4.69) is 50.4 Å². The highest BCUT2D eigenvalue weighted by molar-refractivity contribution is 6.30. The van der Waals surface area contributed by atoms with E-state index in [0.29, 0.717) is 10.7 Å². The van der Waals surface area contributed by atoms with Crippen LogP contribution in [0.1, 0.15) is 43.5 Å². The molecule has 0 amide bonds. The summed E-state index contributed by atoms with van der Waals surface area (Å²) in [5.74, 6) is -0.272. The van der Waals surface area contributed by atoms with Crippen molar-refractivity contribution in [2.24, 2.45) is 0 Å². The zero-order valence-electron chi connectivity index (χ0n) is 12.5. The molecule has 0 saturated carbocycles. The highest BCUT2D eigenvalue weighted by Crippen LogP contribution is 2.38. The van der Waals surface area contributed by atoms with Gasteiger partial charge in [0, 0.05) is 5.02 Å². The predicted molar refractivity (Wildman–Crippen MR) is 86.6 cm³/mol. The smallest absolute Gasteiger partial charge is 0.148 e. The van der Waals surface area contributed by atoms with Crippen LogP contribution in [0.5, 0.6) is 0 Å². The zero-order chi connectivity index (χ0) is 15.2. The lowest BCUT2D eigenvalue weighted by atomic mass is 9.86. The fraction of sp³-hybridized carbons (Fsp3) is 0.333. The van der Waals surface area contributed by atoms with E-state index in [0.717, 1.165) is 12.0 Å². The van der Waals surface area contributed by atoms with Crippen LogP contribution in [0.15, 0.2) is 36.4 Å². The third kappa shape index (κ3) is 2.77. The lowest BCUT2D eigenvalue weighted by Crippen LogP contribution is -2.12. The van der Waals surface area contributed by atoms with Gasteiger partial charge in [0.25, 0.3) is 0 Å². The maximum atomic E-state index is 13.9. The fourth-order valence-electron chi connectivity index (χ4n) is 2.81. The fourth-order valence-corrected chi connectivity index (χ4v) is 3.04. The highest BCUT2D eigenvalue weighted by atomic mass is 35.5. The highest BCUT2D eigenvalue weighted by Gasteiger charge is 2.25. The second-order valence-corrected chi connectivity index (χ2v) is 7.13. The van der Waals surface area contributed by atoms with E-state index in [-0.39, 0.29) is 17.3 Å². The summed E-state index contributed by atoms with van der Waals surface area (Å²) in [4.78, 5) is 0. The number of hydrogen-bond acceptors (Lipinski definition) is 1. The Bertz CT molecular complexity index is 671. The quantitative estimate of drug-likeness (QED) is 0.735. The van der Waals surface area contributed by atoms with Crippen LogP contribution in [0, 0.1) is 5.82 Å². The van der Waals surface area contributed by atoms with Crippen molar-refractivity contribution in [3.05, 3.63) is 63.9 Å². The number of benzene rings is 2. The molecule has 0 aliphatic carbocycles. The van der Waals surface area contributed by atoms with E-state index in [1.807, 2.05) is 6.07 Å². The number of anilines is 1. The summed E-state index contributed by atoms with van der Waals surface area (Å²) >= 11 is 5.93. The van der Waals surface area contributed by atoms with Gasteiger partial charge in [-0.1, -0.05) is 56.6 Å². The van der Waals surface area contributed by atoms with Gasteiger partial charge in [0.05, 0.1) is 11.7 Å². The van der Waals surface area contributed by atoms with Crippen LogP contribution >= 0.6 is 11.6 Å². The van der Waals surface area contributed by atoms with Crippen LogP contribution in [0.2, 0.25) is 5.02 Å². The monoisotopic (exact) mass is 303 g/mol. The summed E-state index contributed by atoms with van der Waals surface area (Å²) < 4.78 is 13.9. The maximum Gasteiger partial charge on any atom is 0.148 e. The molecule has 1 N–H and O–H groups in total. The van der Waals surface area contributed by atoms with Crippen LogP contribution in [-0.2, 0) is 11.8 Å². The summed E-state index contributed by atoms with van der Waals surface area (Å²) in [5, 5.41) is 3.73. The summed E-state index contributed by atoms with van der Waals surface area (Å²) in [6, 6.07) is 11.9. The molecule has 3 heteroatoms. The summed E-state index contributed by atoms with van der Waals surface area (Å²) in [6.45, 7) is 6.59. The molecule has 0 fully saturated rings. The number of halogens is 2. The van der Waals surface area contributed by atoms with E-state index in [9.17, 15) is 4.39 Å². The van der Waals surface area contributed by atoms with Gasteiger partial charge in [0.2, 0.25) is 0 Å². The molecule has 3 rings (SSSR count). The zero-order valence-corrected chi connectivity index (χ0v) is 13.3. The minimum absolute atomic E-state index is 0.113. The van der Waals surface area contributed by atoms with Gasteiger partial charge in [-0.2, -0.15) is 0 Å². The molecule has 2 aromatic rings. The SMILES string of the molecule is CC(C)(C)c1ccc(C2Cc3cc(Cl)cc(F)c3N2)cc1. The van der Waals surface area contributed by atoms with Crippen LogP contribution in [0.4, 0.5) is 10.1 Å². The number of fused-ring (bicyclic) bond motifs is 1. The Morgan fingerprint density at radius 3 is 2.43 bits per heavy atom. The molecule has 0 aromatic heterocycles. The summed E-state index contributed by atoms with van der Waals surface area (Å²) in [7, 11) is 0. The average Bonchev–Trinajstić information content (AvgIpc) is 2.82. The number of hydrogen-bond donors (Lipinski definition) is 1. The Kier molecular flexibility index (Phi) is 3.45. The Balaban J connectivity index is 1.86. The second kappa shape index (κ2) is 5.03. The number of nitrogens with one attached hydrogen (secondary N) is 1. The van der Waals surface area contributed by atoms with E-state index < -0.39 is 0 Å². The first-order valence-corrected chi connectivity index (χ1v) is 7.57. The third-order valence-corrected chi connectivity index (χ3v) is 4.28. The molecule has 1 unspecified atom stereocenters. The van der Waals surface area contributed by atoms with Crippen molar-refractivity contribution >= 4 is 17.3 Å². The van der Waals surface area contributed by atoms with Crippen LogP contribution < -0.4 is 5.32 Å². The van der Waals surface area contributed by atoms with Crippen molar-refractivity contribution in [2.45, 2.75) is 38.6 Å². The van der Waals surface area contributed by atoms with Crippen LogP contribution in [0.25, 0.3) is 0 Å². The van der Waals surface area contributed by atoms with Gasteiger partial charge >= 0.3 is 0 Å². The lowest BCUT2D eigenvalue weighted by Gasteiger charge is -2.20. The Morgan fingerprint density at radius 1 is 1.14 bits per heavy atom. The Labute approximate surface area is 130 Å². The van der Waals surface area contributed by atoms with Gasteiger partial charge in [-0.05, 0) is 40.7 Å². The van der Waals surface area contributed by atoms with Crippen molar-refractivity contribution < 1.29 is 4.39 Å². The molecular formula is C18H19ClFN. The molecular weight excluding hydrogens is 285 g/mol. The van der Waals surface area contributed by atoms with Crippen molar-refractivity contribution in [3.8, 4) is 0 Å². The van der Waals surface area contributed by atoms with E-state index >= 15 is 0 Å². The Hall–Kier alpha value is -1.54. The lowest BCUT2D eigenvalue weighted by molar-refractivity contribution is 0.589. The van der Waals surface area contributed by atoms with Crippen molar-refractivity contribution in [1.82, 2.24) is 0 Å². The minimum atomic E-state index is -0.272. The van der Waals surface area contributed by atoms with E-state index in [1.165, 1.54) is 17.2 Å². The molecule has 0 saturated heterocycles. The molecule has 110 valence electrons. The van der Waals surface area contributed by atoms with Gasteiger partial charge in [0.15, 0.2) is 0 Å². The van der Waals surface area contributed by atoms with E-state index in [1.54, 1.807) is 0 Å². The van der Waals surface area contributed by atoms with Crippen LogP contribution in [0.3, 0.4) is 0 Å². The first-order valence-electron chi connectivity index (χ1n) is 7.19. The van der Waals surface area contributed by atoms with Gasteiger partial charge in [-0.25, -0.2) is 4.39 Å². The maximum absolute atomic E-state index is 13.9. The first-order chi connectivity index (χ1) is 9.84. The first kappa shape index (κ1) is 14.4. The molecule has 0 bridgehead atoms. The molecule has 1 heterocycles. The molecule has 0 spiro atoms. The molecule has 1 aliphatic rings. The molecule has 1 aliphatic heterocycles. The normalized spacial score (nSPS) is 17.5. The predicted octanol–water partition coefficient (Wildman–Crippen LogP) is 5.49. The number of rotatable bonds is 1. The standard InChI is InChI=1S/C18H19ClFN/c1-18(2,3)13-6-4-11(5-7-13)16-9-12-8-14(19)10-15(20)17(12)21-16/h4-8,10,16,21H,9H2,1-3H3. The van der Waals surface area contributed by atoms with Gasteiger partial charge in [0.1, 0.15) is 5.82 Å². The third-order valence-electron chi connectivity index (χ3n) is 4.06. The molecule has 2 aromatic carbocycles. The second-order valence-electron chi connectivity index (χ2n) is 6.69. The summed E-state index contributed by atoms with van der Waals surface area (Å²) in [6.07, 6.45) is 0.766. The van der Waals surface area contributed by atoms with E-state index in [4.69, 9.17) is 11.6 Å². The molecule has 1 nitrogen and oxygen atoms in total. The summed E-state index contributed by atoms with van der Waals surface area (Å²) in [5.41, 5.74) is 4.16.